The Hall–Kier alpha value is -1.06. The van der Waals surface area contributed by atoms with E-state index in [9.17, 15) is 0 Å². The molecular formula is C8H13N3. The summed E-state index contributed by atoms with van der Waals surface area (Å²) in [6, 6.07) is 7.84. The van der Waals surface area contributed by atoms with Crippen LogP contribution in [0, 0.1) is 0 Å². The molecule has 0 amide bonds. The van der Waals surface area contributed by atoms with E-state index in [0.717, 1.165) is 11.3 Å². The molecule has 0 aliphatic rings. The molecular weight excluding hydrogens is 138 g/mol. The van der Waals surface area contributed by atoms with Gasteiger partial charge in [-0.15, -0.1) is 0 Å². The molecule has 1 aromatic rings. The summed E-state index contributed by atoms with van der Waals surface area (Å²) in [5, 5.41) is 1.57. The van der Waals surface area contributed by atoms with E-state index < -0.39 is 0 Å². The van der Waals surface area contributed by atoms with Crippen molar-refractivity contribution in [1.29, 1.82) is 0 Å². The molecule has 0 aliphatic heterocycles. The molecule has 0 atom stereocenters. The standard InChI is InChI=1S/C8H13N3/c1-11(10)8-4-2-7(6-9)3-5-8/h2-5H,6,9-10H2,1H3. The number of nitrogens with zero attached hydrogens (tertiary/aromatic N) is 1. The van der Waals surface area contributed by atoms with Gasteiger partial charge in [-0.25, -0.2) is 5.84 Å². The molecule has 0 saturated carbocycles. The number of hydrogen-bond acceptors (Lipinski definition) is 3. The fourth-order valence-corrected chi connectivity index (χ4v) is 0.867. The van der Waals surface area contributed by atoms with Crippen molar-refractivity contribution in [3.05, 3.63) is 29.8 Å². The fraction of sp³-hybridized carbons (Fsp3) is 0.250. The molecule has 0 bridgehead atoms. The second-order valence-electron chi connectivity index (χ2n) is 2.48. The molecule has 11 heavy (non-hydrogen) atoms. The Morgan fingerprint density at radius 3 is 2.18 bits per heavy atom. The molecule has 1 rings (SSSR count). The lowest BCUT2D eigenvalue weighted by atomic mass is 10.2. The van der Waals surface area contributed by atoms with Crippen LogP contribution in [-0.2, 0) is 6.54 Å². The van der Waals surface area contributed by atoms with Crippen LogP contribution in [-0.4, -0.2) is 7.05 Å². The Labute approximate surface area is 66.6 Å². The van der Waals surface area contributed by atoms with Crippen molar-refractivity contribution in [3.8, 4) is 0 Å². The normalized spacial score (nSPS) is 9.73. The quantitative estimate of drug-likeness (QED) is 0.477. The van der Waals surface area contributed by atoms with Gasteiger partial charge in [-0.1, -0.05) is 12.1 Å². The first-order valence-corrected chi connectivity index (χ1v) is 3.51. The Balaban J connectivity index is 2.83. The van der Waals surface area contributed by atoms with Crippen LogP contribution in [0.3, 0.4) is 0 Å². The summed E-state index contributed by atoms with van der Waals surface area (Å²) in [7, 11) is 1.80. The summed E-state index contributed by atoms with van der Waals surface area (Å²) < 4.78 is 0. The second-order valence-corrected chi connectivity index (χ2v) is 2.48. The minimum absolute atomic E-state index is 0.578. The highest BCUT2D eigenvalue weighted by Crippen LogP contribution is 2.10. The smallest absolute Gasteiger partial charge is 0.0514 e. The molecule has 0 spiro atoms. The zero-order valence-electron chi connectivity index (χ0n) is 6.62. The van der Waals surface area contributed by atoms with Gasteiger partial charge in [0.15, 0.2) is 0 Å². The van der Waals surface area contributed by atoms with Gasteiger partial charge in [-0.05, 0) is 17.7 Å². The molecule has 3 nitrogen and oxygen atoms in total. The van der Waals surface area contributed by atoms with Crippen molar-refractivity contribution < 1.29 is 0 Å². The molecule has 0 heterocycles. The highest BCUT2D eigenvalue weighted by atomic mass is 15.4. The Bertz CT molecular complexity index is 215. The first-order valence-electron chi connectivity index (χ1n) is 3.51. The molecule has 4 N–H and O–H groups in total. The van der Waals surface area contributed by atoms with Gasteiger partial charge in [0, 0.05) is 13.6 Å². The molecule has 1 aromatic carbocycles. The van der Waals surface area contributed by atoms with Crippen molar-refractivity contribution >= 4 is 5.69 Å². The number of hydrogen-bond donors (Lipinski definition) is 2. The van der Waals surface area contributed by atoms with E-state index in [2.05, 4.69) is 0 Å². The molecule has 0 aliphatic carbocycles. The van der Waals surface area contributed by atoms with Crippen molar-refractivity contribution in [3.63, 3.8) is 0 Å². The summed E-state index contributed by atoms with van der Waals surface area (Å²) in [6.07, 6.45) is 0. The number of nitrogens with two attached hydrogens (primary N) is 2. The zero-order chi connectivity index (χ0) is 8.27. The van der Waals surface area contributed by atoms with E-state index in [-0.39, 0.29) is 0 Å². The number of hydrazine groups is 1. The van der Waals surface area contributed by atoms with Gasteiger partial charge in [-0.3, -0.25) is 0 Å². The third-order valence-corrected chi connectivity index (χ3v) is 1.58. The monoisotopic (exact) mass is 151 g/mol. The zero-order valence-corrected chi connectivity index (χ0v) is 6.62. The van der Waals surface area contributed by atoms with E-state index in [0.29, 0.717) is 6.54 Å². The summed E-state index contributed by atoms with van der Waals surface area (Å²) in [6.45, 7) is 0.578. The SMILES string of the molecule is CN(N)c1ccc(CN)cc1. The largest absolute Gasteiger partial charge is 0.326 e. The first kappa shape index (κ1) is 8.04. The van der Waals surface area contributed by atoms with Crippen LogP contribution in [0.2, 0.25) is 0 Å². The van der Waals surface area contributed by atoms with Crippen LogP contribution in [0.4, 0.5) is 5.69 Å². The Morgan fingerprint density at radius 2 is 1.82 bits per heavy atom. The van der Waals surface area contributed by atoms with Crippen LogP contribution in [0.25, 0.3) is 0 Å². The van der Waals surface area contributed by atoms with E-state index in [4.69, 9.17) is 11.6 Å². The van der Waals surface area contributed by atoms with E-state index in [1.807, 2.05) is 24.3 Å². The highest BCUT2D eigenvalue weighted by molar-refractivity contribution is 5.45. The fourth-order valence-electron chi connectivity index (χ4n) is 0.867. The van der Waals surface area contributed by atoms with Crippen molar-refractivity contribution in [1.82, 2.24) is 0 Å². The molecule has 3 heteroatoms. The lowest BCUT2D eigenvalue weighted by Crippen LogP contribution is -2.24. The third kappa shape index (κ3) is 1.93. The Morgan fingerprint density at radius 1 is 1.27 bits per heavy atom. The predicted octanol–water partition coefficient (Wildman–Crippen LogP) is 0.455. The van der Waals surface area contributed by atoms with E-state index >= 15 is 0 Å². The van der Waals surface area contributed by atoms with Crippen molar-refractivity contribution in [2.75, 3.05) is 12.1 Å². The van der Waals surface area contributed by atoms with Gasteiger partial charge in [0.1, 0.15) is 0 Å². The van der Waals surface area contributed by atoms with Gasteiger partial charge < -0.3 is 10.7 Å². The first-order chi connectivity index (χ1) is 5.24. The molecule has 60 valence electrons. The molecule has 0 saturated heterocycles. The number of rotatable bonds is 2. The van der Waals surface area contributed by atoms with Gasteiger partial charge in [0.25, 0.3) is 0 Å². The van der Waals surface area contributed by atoms with Crippen LogP contribution in [0.15, 0.2) is 24.3 Å². The van der Waals surface area contributed by atoms with Gasteiger partial charge >= 0.3 is 0 Å². The lowest BCUT2D eigenvalue weighted by Gasteiger charge is -2.11. The van der Waals surface area contributed by atoms with Crippen molar-refractivity contribution in [2.24, 2.45) is 11.6 Å². The van der Waals surface area contributed by atoms with Crippen LogP contribution >= 0.6 is 0 Å². The highest BCUT2D eigenvalue weighted by Gasteiger charge is 1.93. The third-order valence-electron chi connectivity index (χ3n) is 1.58. The van der Waals surface area contributed by atoms with Crippen molar-refractivity contribution in [2.45, 2.75) is 6.54 Å². The average Bonchev–Trinajstić information content (AvgIpc) is 2.05. The Kier molecular flexibility index (Phi) is 2.46. The number of benzene rings is 1. The summed E-state index contributed by atoms with van der Waals surface area (Å²) in [5.41, 5.74) is 7.54. The van der Waals surface area contributed by atoms with Crippen LogP contribution in [0.5, 0.6) is 0 Å². The average molecular weight is 151 g/mol. The predicted molar refractivity (Wildman–Crippen MR) is 46.9 cm³/mol. The van der Waals surface area contributed by atoms with Gasteiger partial charge in [-0.2, -0.15) is 0 Å². The van der Waals surface area contributed by atoms with Crippen LogP contribution < -0.4 is 16.6 Å². The maximum Gasteiger partial charge on any atom is 0.0514 e. The number of anilines is 1. The van der Waals surface area contributed by atoms with E-state index in [1.54, 1.807) is 12.1 Å². The minimum atomic E-state index is 0.578. The topological polar surface area (TPSA) is 55.3 Å². The van der Waals surface area contributed by atoms with Gasteiger partial charge in [0.05, 0.1) is 5.69 Å². The maximum atomic E-state index is 5.51. The van der Waals surface area contributed by atoms with E-state index in [1.165, 1.54) is 0 Å². The van der Waals surface area contributed by atoms with Crippen LogP contribution in [0.1, 0.15) is 5.56 Å². The molecule has 0 unspecified atom stereocenters. The van der Waals surface area contributed by atoms with Gasteiger partial charge in [0.2, 0.25) is 0 Å². The maximum absolute atomic E-state index is 5.51. The minimum Gasteiger partial charge on any atom is -0.326 e. The molecule has 0 radical (unpaired) electrons. The summed E-state index contributed by atoms with van der Waals surface area (Å²) in [5.74, 6) is 5.51. The molecule has 0 fully saturated rings. The second kappa shape index (κ2) is 3.37. The summed E-state index contributed by atoms with van der Waals surface area (Å²) in [4.78, 5) is 0. The molecule has 0 aromatic heterocycles. The summed E-state index contributed by atoms with van der Waals surface area (Å²) >= 11 is 0. The lowest BCUT2D eigenvalue weighted by molar-refractivity contribution is 1.01.